The Kier molecular flexibility index (Phi) is 4.43. The number of hydrogen-bond acceptors (Lipinski definition) is 5. The van der Waals surface area contributed by atoms with E-state index in [0.717, 1.165) is 36.8 Å². The molecule has 148 valence electrons. The second kappa shape index (κ2) is 6.85. The molecular formula is C22H26N2O3S. The van der Waals surface area contributed by atoms with E-state index < -0.39 is 5.60 Å². The number of aromatic nitrogens is 1. The van der Waals surface area contributed by atoms with Crippen molar-refractivity contribution in [3.63, 3.8) is 0 Å². The molecule has 0 spiro atoms. The van der Waals surface area contributed by atoms with E-state index in [1.807, 2.05) is 12.1 Å². The molecule has 2 aromatic heterocycles. The molecule has 1 amide bonds. The van der Waals surface area contributed by atoms with Gasteiger partial charge in [-0.15, -0.1) is 11.3 Å². The summed E-state index contributed by atoms with van der Waals surface area (Å²) in [6.07, 6.45) is 9.22. The zero-order chi connectivity index (χ0) is 19.3. The van der Waals surface area contributed by atoms with Crippen molar-refractivity contribution in [2.45, 2.75) is 69.1 Å². The van der Waals surface area contributed by atoms with E-state index >= 15 is 0 Å². The molecule has 5 rings (SSSR count). The summed E-state index contributed by atoms with van der Waals surface area (Å²) in [6.45, 7) is 0. The van der Waals surface area contributed by atoms with Crippen molar-refractivity contribution in [1.29, 1.82) is 0 Å². The number of pyridine rings is 1. The first-order chi connectivity index (χ1) is 13.6. The lowest BCUT2D eigenvalue weighted by atomic mass is 9.80. The highest BCUT2D eigenvalue weighted by atomic mass is 32.1. The van der Waals surface area contributed by atoms with Gasteiger partial charge in [-0.2, -0.15) is 0 Å². The van der Waals surface area contributed by atoms with E-state index in [1.54, 1.807) is 24.6 Å². The maximum atomic E-state index is 13.5. The number of hydrogen-bond donors (Lipinski definition) is 1. The molecule has 28 heavy (non-hydrogen) atoms. The lowest BCUT2D eigenvalue weighted by Gasteiger charge is -2.44. The average molecular weight is 399 g/mol. The normalized spacial score (nSPS) is 28.9. The van der Waals surface area contributed by atoms with Gasteiger partial charge in [0.15, 0.2) is 0 Å². The van der Waals surface area contributed by atoms with Gasteiger partial charge in [0.25, 0.3) is 5.91 Å². The van der Waals surface area contributed by atoms with Gasteiger partial charge in [0.05, 0.1) is 18.3 Å². The summed E-state index contributed by atoms with van der Waals surface area (Å²) in [6, 6.07) is 3.88. The van der Waals surface area contributed by atoms with E-state index in [9.17, 15) is 9.90 Å². The number of nitrogens with zero attached hydrogens (tertiary/aromatic N) is 2. The first-order valence-electron chi connectivity index (χ1n) is 10.2. The Labute approximate surface area is 169 Å². The van der Waals surface area contributed by atoms with Crippen LogP contribution in [0.5, 0.6) is 5.88 Å². The van der Waals surface area contributed by atoms with Crippen molar-refractivity contribution in [2.24, 2.45) is 0 Å². The predicted molar refractivity (Wildman–Crippen MR) is 108 cm³/mol. The highest BCUT2D eigenvalue weighted by Gasteiger charge is 2.51. The number of aryl methyl sites for hydroxylation is 1. The molecule has 2 aliphatic heterocycles. The van der Waals surface area contributed by atoms with Crippen LogP contribution < -0.4 is 4.74 Å². The van der Waals surface area contributed by atoms with Crippen LogP contribution in [0.1, 0.15) is 64.9 Å². The summed E-state index contributed by atoms with van der Waals surface area (Å²) in [4.78, 5) is 21.2. The van der Waals surface area contributed by atoms with Crippen LogP contribution in [-0.4, -0.2) is 40.1 Å². The fraction of sp³-hybridized carbons (Fsp3) is 0.545. The standard InChI is InChI=1S/C22H26N2O3S/c1-27-20-18(6-4-10-23-20)22(26)11-14-8-9-15(12-22)24(14)21(25)17-13-28-19-7-3-2-5-16(17)19/h4,6,10,13-15,26H,2-3,5,7-9,11-12H2,1H3. The van der Waals surface area contributed by atoms with Gasteiger partial charge in [0.1, 0.15) is 0 Å². The fourth-order valence-electron chi connectivity index (χ4n) is 5.50. The molecule has 4 heterocycles. The molecule has 3 aliphatic rings. The van der Waals surface area contributed by atoms with Crippen LogP contribution >= 0.6 is 11.3 Å². The Bertz CT molecular complexity index is 895. The maximum Gasteiger partial charge on any atom is 0.255 e. The van der Waals surface area contributed by atoms with Crippen LogP contribution in [0.2, 0.25) is 0 Å². The molecule has 2 atom stereocenters. The van der Waals surface area contributed by atoms with Crippen LogP contribution in [0.15, 0.2) is 23.7 Å². The minimum absolute atomic E-state index is 0.0697. The zero-order valence-electron chi connectivity index (χ0n) is 16.2. The van der Waals surface area contributed by atoms with Crippen molar-refractivity contribution in [1.82, 2.24) is 9.88 Å². The van der Waals surface area contributed by atoms with Gasteiger partial charge in [0.2, 0.25) is 5.88 Å². The summed E-state index contributed by atoms with van der Waals surface area (Å²) in [7, 11) is 1.59. The third kappa shape index (κ3) is 2.77. The molecular weight excluding hydrogens is 372 g/mol. The molecule has 2 fully saturated rings. The number of ether oxygens (including phenoxy) is 1. The highest BCUT2D eigenvalue weighted by Crippen LogP contribution is 2.48. The molecule has 5 nitrogen and oxygen atoms in total. The van der Waals surface area contributed by atoms with Crippen LogP contribution in [-0.2, 0) is 18.4 Å². The number of carbonyl (C=O) groups excluding carboxylic acids is 1. The predicted octanol–water partition coefficient (Wildman–Crippen LogP) is 3.69. The molecule has 0 radical (unpaired) electrons. The number of carbonyl (C=O) groups is 1. The largest absolute Gasteiger partial charge is 0.481 e. The molecule has 6 heteroatoms. The molecule has 1 N–H and O–H groups in total. The molecule has 0 aromatic carbocycles. The number of amides is 1. The van der Waals surface area contributed by atoms with Crippen LogP contribution in [0.4, 0.5) is 0 Å². The molecule has 1 aliphatic carbocycles. The van der Waals surface area contributed by atoms with Gasteiger partial charge in [-0.25, -0.2) is 4.98 Å². The summed E-state index contributed by atoms with van der Waals surface area (Å²) < 4.78 is 5.40. The van der Waals surface area contributed by atoms with Crippen molar-refractivity contribution < 1.29 is 14.6 Å². The topological polar surface area (TPSA) is 62.7 Å². The van der Waals surface area contributed by atoms with E-state index in [4.69, 9.17) is 4.74 Å². The van der Waals surface area contributed by atoms with Crippen LogP contribution in [0.25, 0.3) is 0 Å². The van der Waals surface area contributed by atoms with E-state index in [0.29, 0.717) is 18.7 Å². The Morgan fingerprint density at radius 2 is 2.04 bits per heavy atom. The molecule has 2 bridgehead atoms. The number of fused-ring (bicyclic) bond motifs is 3. The minimum Gasteiger partial charge on any atom is -0.481 e. The molecule has 2 unspecified atom stereocenters. The second-order valence-electron chi connectivity index (χ2n) is 8.36. The molecule has 2 saturated heterocycles. The van der Waals surface area contributed by atoms with Crippen molar-refractivity contribution in [2.75, 3.05) is 7.11 Å². The van der Waals surface area contributed by atoms with Gasteiger partial charge in [-0.3, -0.25) is 4.79 Å². The van der Waals surface area contributed by atoms with Gasteiger partial charge in [-0.1, -0.05) is 0 Å². The number of thiophene rings is 1. The smallest absolute Gasteiger partial charge is 0.255 e. The van der Waals surface area contributed by atoms with Crippen LogP contribution in [0, 0.1) is 0 Å². The third-order valence-electron chi connectivity index (χ3n) is 6.76. The Morgan fingerprint density at radius 1 is 1.29 bits per heavy atom. The number of rotatable bonds is 3. The quantitative estimate of drug-likeness (QED) is 0.857. The van der Waals surface area contributed by atoms with Crippen molar-refractivity contribution >= 4 is 17.2 Å². The average Bonchev–Trinajstić information content (AvgIpc) is 3.27. The van der Waals surface area contributed by atoms with Crippen molar-refractivity contribution in [3.05, 3.63) is 45.3 Å². The maximum absolute atomic E-state index is 13.5. The van der Waals surface area contributed by atoms with Crippen molar-refractivity contribution in [3.8, 4) is 5.88 Å². The van der Waals surface area contributed by atoms with Gasteiger partial charge < -0.3 is 14.7 Å². The lowest BCUT2D eigenvalue weighted by molar-refractivity contribution is -0.0494. The summed E-state index contributed by atoms with van der Waals surface area (Å²) in [5.74, 6) is 0.656. The van der Waals surface area contributed by atoms with Gasteiger partial charge in [-0.05, 0) is 56.2 Å². The van der Waals surface area contributed by atoms with E-state index in [2.05, 4.69) is 15.3 Å². The molecule has 0 saturated carbocycles. The Morgan fingerprint density at radius 3 is 2.79 bits per heavy atom. The first kappa shape index (κ1) is 18.1. The first-order valence-corrected chi connectivity index (χ1v) is 11.1. The van der Waals surface area contributed by atoms with Gasteiger partial charge in [0, 0.05) is 46.9 Å². The van der Waals surface area contributed by atoms with E-state index in [1.165, 1.54) is 23.3 Å². The second-order valence-corrected chi connectivity index (χ2v) is 9.32. The number of piperidine rings is 1. The Balaban J connectivity index is 1.43. The summed E-state index contributed by atoms with van der Waals surface area (Å²) in [5.41, 5.74) is 1.96. The summed E-state index contributed by atoms with van der Waals surface area (Å²) >= 11 is 1.75. The lowest BCUT2D eigenvalue weighted by Crippen LogP contribution is -2.52. The summed E-state index contributed by atoms with van der Waals surface area (Å²) in [5, 5.41) is 13.6. The SMILES string of the molecule is COc1ncccc1C1(O)CC2CCC(C1)N2C(=O)c1csc2c1CCCC2. The third-order valence-corrected chi connectivity index (χ3v) is 7.85. The number of methoxy groups -OCH3 is 1. The monoisotopic (exact) mass is 398 g/mol. The fourth-order valence-corrected chi connectivity index (χ4v) is 6.62. The van der Waals surface area contributed by atoms with Crippen LogP contribution in [0.3, 0.4) is 0 Å². The highest BCUT2D eigenvalue weighted by molar-refractivity contribution is 7.10. The van der Waals surface area contributed by atoms with E-state index in [-0.39, 0.29) is 18.0 Å². The molecule has 2 aromatic rings. The number of aliphatic hydroxyl groups is 1. The zero-order valence-corrected chi connectivity index (χ0v) is 17.0. The minimum atomic E-state index is -0.990. The Hall–Kier alpha value is -1.92. The van der Waals surface area contributed by atoms with Gasteiger partial charge >= 0.3 is 0 Å².